The van der Waals surface area contributed by atoms with Crippen molar-refractivity contribution in [1.29, 1.82) is 0 Å². The van der Waals surface area contributed by atoms with E-state index in [4.69, 9.17) is 4.74 Å². The summed E-state index contributed by atoms with van der Waals surface area (Å²) in [5.74, 6) is 0.661. The molecule has 0 amide bonds. The Morgan fingerprint density at radius 2 is 2.22 bits per heavy atom. The molecular formula is C17H25N5O. The van der Waals surface area contributed by atoms with E-state index in [1.165, 1.54) is 19.4 Å². The molecule has 1 aliphatic heterocycles. The lowest BCUT2D eigenvalue weighted by Crippen LogP contribution is -2.38. The van der Waals surface area contributed by atoms with Crippen molar-refractivity contribution in [3.05, 3.63) is 29.8 Å². The Balaban J connectivity index is 1.57. The van der Waals surface area contributed by atoms with Crippen LogP contribution < -0.4 is 0 Å². The molecule has 3 rings (SSSR count). The van der Waals surface area contributed by atoms with E-state index >= 15 is 0 Å². The van der Waals surface area contributed by atoms with Gasteiger partial charge in [-0.3, -0.25) is 15.1 Å². The summed E-state index contributed by atoms with van der Waals surface area (Å²) in [5.41, 5.74) is 3.78. The molecule has 3 heterocycles. The van der Waals surface area contributed by atoms with Crippen LogP contribution in [0, 0.1) is 12.8 Å². The third-order valence-electron chi connectivity index (χ3n) is 4.39. The molecule has 1 aliphatic rings. The molecule has 0 saturated carbocycles. The lowest BCUT2D eigenvalue weighted by molar-refractivity contribution is 0.114. The first kappa shape index (κ1) is 16.1. The number of ether oxygens (including phenoxy) is 1. The number of nitrogens with one attached hydrogen (secondary N) is 1. The first-order chi connectivity index (χ1) is 11.2. The number of rotatable bonds is 6. The van der Waals surface area contributed by atoms with Crippen molar-refractivity contribution < 1.29 is 4.74 Å². The predicted molar refractivity (Wildman–Crippen MR) is 89.1 cm³/mol. The van der Waals surface area contributed by atoms with Gasteiger partial charge in [-0.15, -0.1) is 0 Å². The zero-order valence-electron chi connectivity index (χ0n) is 14.0. The highest BCUT2D eigenvalue weighted by molar-refractivity contribution is 5.52. The van der Waals surface area contributed by atoms with Gasteiger partial charge in [-0.25, -0.2) is 0 Å². The van der Waals surface area contributed by atoms with E-state index in [-0.39, 0.29) is 0 Å². The molecule has 2 aromatic heterocycles. The monoisotopic (exact) mass is 315 g/mol. The maximum absolute atomic E-state index is 5.18. The molecule has 0 aromatic carbocycles. The highest BCUT2D eigenvalue weighted by Crippen LogP contribution is 2.20. The summed E-state index contributed by atoms with van der Waals surface area (Å²) < 4.78 is 5.18. The normalized spacial score (nSPS) is 19.1. The van der Waals surface area contributed by atoms with E-state index in [0.717, 1.165) is 48.9 Å². The van der Waals surface area contributed by atoms with Crippen molar-refractivity contribution in [3.8, 4) is 11.4 Å². The molecule has 0 radical (unpaired) electrons. The minimum absolute atomic E-state index is 0.661. The van der Waals surface area contributed by atoms with Crippen LogP contribution in [-0.4, -0.2) is 58.4 Å². The fourth-order valence-corrected chi connectivity index (χ4v) is 3.18. The molecule has 0 unspecified atom stereocenters. The van der Waals surface area contributed by atoms with Crippen LogP contribution in [0.5, 0.6) is 0 Å². The van der Waals surface area contributed by atoms with E-state index in [1.807, 2.05) is 25.4 Å². The summed E-state index contributed by atoms with van der Waals surface area (Å²) in [5, 5.41) is 7.16. The Labute approximate surface area is 137 Å². The molecule has 2 aromatic rings. The summed E-state index contributed by atoms with van der Waals surface area (Å²) in [7, 11) is 1.76. The fourth-order valence-electron chi connectivity index (χ4n) is 3.18. The number of aryl methyl sites for hydroxylation is 1. The van der Waals surface area contributed by atoms with Crippen LogP contribution in [-0.2, 0) is 11.2 Å². The first-order valence-electron chi connectivity index (χ1n) is 8.29. The summed E-state index contributed by atoms with van der Waals surface area (Å²) >= 11 is 0. The number of hydrogen-bond acceptors (Lipinski definition) is 5. The van der Waals surface area contributed by atoms with Gasteiger partial charge in [-0.05, 0) is 44.7 Å². The average molecular weight is 315 g/mol. The first-order valence-corrected chi connectivity index (χ1v) is 8.29. The standard InChI is InChI=1S/C17H25N5O/c1-13-8-16(21-20-13)17-11-18-15(10-19-17)9-14-4-3-5-22(12-14)6-7-23-2/h8,10-11,14H,3-7,9,12H2,1-2H3,(H,20,21)/t14-/m1/s1. The molecule has 6 nitrogen and oxygen atoms in total. The lowest BCUT2D eigenvalue weighted by Gasteiger charge is -2.32. The smallest absolute Gasteiger partial charge is 0.112 e. The summed E-state index contributed by atoms with van der Waals surface area (Å²) in [6.45, 7) is 6.13. The molecule has 0 aliphatic carbocycles. The maximum Gasteiger partial charge on any atom is 0.112 e. The van der Waals surface area contributed by atoms with Gasteiger partial charge in [0.15, 0.2) is 0 Å². The molecule has 1 atom stereocenters. The second-order valence-corrected chi connectivity index (χ2v) is 6.33. The fraction of sp³-hybridized carbons (Fsp3) is 0.588. The highest BCUT2D eigenvalue weighted by atomic mass is 16.5. The van der Waals surface area contributed by atoms with Gasteiger partial charge in [0, 0.05) is 32.1 Å². The molecule has 124 valence electrons. The summed E-state index contributed by atoms with van der Waals surface area (Å²) in [6, 6.07) is 1.98. The Morgan fingerprint density at radius 3 is 2.91 bits per heavy atom. The third kappa shape index (κ3) is 4.36. The second kappa shape index (κ2) is 7.66. The Hall–Kier alpha value is -1.79. The van der Waals surface area contributed by atoms with Gasteiger partial charge in [0.2, 0.25) is 0 Å². The maximum atomic E-state index is 5.18. The summed E-state index contributed by atoms with van der Waals surface area (Å²) in [4.78, 5) is 11.6. The van der Waals surface area contributed by atoms with Gasteiger partial charge in [-0.2, -0.15) is 5.10 Å². The van der Waals surface area contributed by atoms with Gasteiger partial charge in [0.25, 0.3) is 0 Å². The molecule has 0 bridgehead atoms. The molecule has 6 heteroatoms. The van der Waals surface area contributed by atoms with Gasteiger partial charge in [0.05, 0.1) is 18.5 Å². The van der Waals surface area contributed by atoms with E-state index in [2.05, 4.69) is 25.1 Å². The lowest BCUT2D eigenvalue weighted by atomic mass is 9.93. The number of hydrogen-bond donors (Lipinski definition) is 1. The van der Waals surface area contributed by atoms with Crippen LogP contribution in [0.25, 0.3) is 11.4 Å². The van der Waals surface area contributed by atoms with Crippen LogP contribution in [0.3, 0.4) is 0 Å². The average Bonchev–Trinajstić information content (AvgIpc) is 3.00. The molecule has 23 heavy (non-hydrogen) atoms. The van der Waals surface area contributed by atoms with E-state index in [9.17, 15) is 0 Å². The van der Waals surface area contributed by atoms with Gasteiger partial charge in [0.1, 0.15) is 11.4 Å². The second-order valence-electron chi connectivity index (χ2n) is 6.33. The van der Waals surface area contributed by atoms with Crippen LogP contribution in [0.15, 0.2) is 18.5 Å². The van der Waals surface area contributed by atoms with Crippen molar-refractivity contribution in [3.63, 3.8) is 0 Å². The van der Waals surface area contributed by atoms with Crippen molar-refractivity contribution in [1.82, 2.24) is 25.1 Å². The van der Waals surface area contributed by atoms with E-state index in [0.29, 0.717) is 5.92 Å². The van der Waals surface area contributed by atoms with Crippen LogP contribution in [0.2, 0.25) is 0 Å². The van der Waals surface area contributed by atoms with Gasteiger partial charge in [-0.1, -0.05) is 0 Å². The number of piperidine rings is 1. The minimum Gasteiger partial charge on any atom is -0.383 e. The topological polar surface area (TPSA) is 66.9 Å². The van der Waals surface area contributed by atoms with Crippen LogP contribution in [0.4, 0.5) is 0 Å². The quantitative estimate of drug-likeness (QED) is 0.884. The van der Waals surface area contributed by atoms with E-state index < -0.39 is 0 Å². The van der Waals surface area contributed by atoms with Gasteiger partial charge < -0.3 is 9.64 Å². The zero-order valence-corrected chi connectivity index (χ0v) is 14.0. The molecular weight excluding hydrogens is 290 g/mol. The molecule has 1 fully saturated rings. The van der Waals surface area contributed by atoms with Crippen molar-refractivity contribution in [2.75, 3.05) is 33.4 Å². The molecule has 1 saturated heterocycles. The zero-order chi connectivity index (χ0) is 16.1. The third-order valence-corrected chi connectivity index (χ3v) is 4.39. The predicted octanol–water partition coefficient (Wildman–Crippen LogP) is 2.08. The van der Waals surface area contributed by atoms with Crippen molar-refractivity contribution in [2.24, 2.45) is 5.92 Å². The molecule has 0 spiro atoms. The Morgan fingerprint density at radius 1 is 1.30 bits per heavy atom. The SMILES string of the molecule is COCCN1CCC[C@H](Cc2cnc(-c3cc(C)[nH]n3)cn2)C1. The number of H-pyrrole nitrogens is 1. The number of aromatic nitrogens is 4. The number of aromatic amines is 1. The van der Waals surface area contributed by atoms with Crippen molar-refractivity contribution in [2.45, 2.75) is 26.2 Å². The van der Waals surface area contributed by atoms with Crippen LogP contribution >= 0.6 is 0 Å². The van der Waals surface area contributed by atoms with Crippen molar-refractivity contribution >= 4 is 0 Å². The Bertz CT molecular complexity index is 610. The number of nitrogens with zero attached hydrogens (tertiary/aromatic N) is 4. The number of likely N-dealkylation sites (tertiary alicyclic amines) is 1. The highest BCUT2D eigenvalue weighted by Gasteiger charge is 2.20. The summed E-state index contributed by atoms with van der Waals surface area (Å²) in [6.07, 6.45) is 7.25. The molecule has 1 N–H and O–H groups in total. The number of methoxy groups -OCH3 is 1. The van der Waals surface area contributed by atoms with Gasteiger partial charge >= 0.3 is 0 Å². The van der Waals surface area contributed by atoms with Crippen LogP contribution in [0.1, 0.15) is 24.2 Å². The largest absolute Gasteiger partial charge is 0.383 e. The Kier molecular flexibility index (Phi) is 5.35. The minimum atomic E-state index is 0.661. The van der Waals surface area contributed by atoms with E-state index in [1.54, 1.807) is 7.11 Å².